The normalized spacial score (nSPS) is 11.9. The summed E-state index contributed by atoms with van der Waals surface area (Å²) in [6, 6.07) is 15.1. The highest BCUT2D eigenvalue weighted by atomic mass is 79.9. The van der Waals surface area contributed by atoms with Gasteiger partial charge in [0.05, 0.1) is 6.42 Å². The molecule has 2 nitrogen and oxygen atoms in total. The molecule has 0 bridgehead atoms. The van der Waals surface area contributed by atoms with Crippen molar-refractivity contribution >= 4 is 39.1 Å². The summed E-state index contributed by atoms with van der Waals surface area (Å²) in [4.78, 5) is 12.3. The van der Waals surface area contributed by atoms with Gasteiger partial charge in [0.2, 0.25) is 5.91 Å². The molecule has 0 aliphatic heterocycles. The van der Waals surface area contributed by atoms with Crippen molar-refractivity contribution in [3.63, 3.8) is 0 Å². The third kappa shape index (κ3) is 4.09. The minimum atomic E-state index is -0.0483. The first-order valence-electron chi connectivity index (χ1n) is 6.33. The van der Waals surface area contributed by atoms with Crippen molar-refractivity contribution in [1.82, 2.24) is 0 Å². The van der Waals surface area contributed by atoms with E-state index in [1.165, 1.54) is 0 Å². The second kappa shape index (κ2) is 6.91. The molecule has 0 fully saturated rings. The molecule has 4 heteroatoms. The average molecular weight is 353 g/mol. The van der Waals surface area contributed by atoms with Gasteiger partial charge in [-0.2, -0.15) is 0 Å². The molecule has 0 spiro atoms. The smallest absolute Gasteiger partial charge is 0.228 e. The van der Waals surface area contributed by atoms with Gasteiger partial charge >= 0.3 is 0 Å². The van der Waals surface area contributed by atoms with Gasteiger partial charge in [0.15, 0.2) is 0 Å². The van der Waals surface area contributed by atoms with Gasteiger partial charge in [0.25, 0.3) is 0 Å². The maximum absolute atomic E-state index is 12.1. The van der Waals surface area contributed by atoms with Gasteiger partial charge in [-0.1, -0.05) is 57.9 Å². The van der Waals surface area contributed by atoms with Gasteiger partial charge in [-0.15, -0.1) is 0 Å². The van der Waals surface area contributed by atoms with E-state index >= 15 is 0 Å². The summed E-state index contributed by atoms with van der Waals surface area (Å²) in [5.41, 5.74) is 2.80. The van der Waals surface area contributed by atoms with E-state index in [0.717, 1.165) is 16.8 Å². The first-order valence-corrected chi connectivity index (χ1v) is 7.63. The molecule has 0 aliphatic carbocycles. The number of carbonyl (C=O) groups is 1. The van der Waals surface area contributed by atoms with Crippen LogP contribution in [0.3, 0.4) is 0 Å². The molecule has 1 amide bonds. The van der Waals surface area contributed by atoms with Crippen LogP contribution >= 0.6 is 27.5 Å². The highest BCUT2D eigenvalue weighted by Crippen LogP contribution is 2.28. The van der Waals surface area contributed by atoms with Gasteiger partial charge in [-0.05, 0) is 36.2 Å². The average Bonchev–Trinajstić information content (AvgIpc) is 2.38. The predicted octanol–water partition coefficient (Wildman–Crippen LogP) is 4.98. The Morgan fingerprint density at radius 3 is 2.70 bits per heavy atom. The Bertz CT molecular complexity index is 613. The van der Waals surface area contributed by atoms with E-state index in [1.54, 1.807) is 12.1 Å². The van der Waals surface area contributed by atoms with Crippen molar-refractivity contribution in [3.05, 3.63) is 64.7 Å². The zero-order valence-electron chi connectivity index (χ0n) is 11.1. The molecule has 2 aromatic rings. The monoisotopic (exact) mass is 351 g/mol. The molecule has 1 unspecified atom stereocenters. The van der Waals surface area contributed by atoms with Crippen LogP contribution in [0.5, 0.6) is 0 Å². The summed E-state index contributed by atoms with van der Waals surface area (Å²) in [5, 5.41) is 3.59. The van der Waals surface area contributed by atoms with Crippen molar-refractivity contribution in [2.75, 3.05) is 5.32 Å². The lowest BCUT2D eigenvalue weighted by Gasteiger charge is -2.12. The molecule has 0 aromatic heterocycles. The van der Waals surface area contributed by atoms with E-state index in [0.29, 0.717) is 11.4 Å². The summed E-state index contributed by atoms with van der Waals surface area (Å²) in [7, 11) is 0. The molecule has 1 atom stereocenters. The Balaban J connectivity index is 2.09. The molecule has 1 N–H and O–H groups in total. The number of amides is 1. The number of hydrogen-bond donors (Lipinski definition) is 1. The molecule has 0 saturated heterocycles. The fourth-order valence-electron chi connectivity index (χ4n) is 1.98. The Morgan fingerprint density at radius 2 is 2.00 bits per heavy atom. The lowest BCUT2D eigenvalue weighted by atomic mass is 10.1. The van der Waals surface area contributed by atoms with Crippen LogP contribution in [0.1, 0.15) is 22.9 Å². The van der Waals surface area contributed by atoms with Crippen LogP contribution in [-0.4, -0.2) is 5.91 Å². The van der Waals surface area contributed by atoms with Crippen LogP contribution in [0, 0.1) is 0 Å². The first-order chi connectivity index (χ1) is 9.56. The van der Waals surface area contributed by atoms with Gasteiger partial charge in [-0.3, -0.25) is 4.79 Å². The number of nitrogens with one attached hydrogen (secondary N) is 1. The highest BCUT2D eigenvalue weighted by Gasteiger charge is 2.10. The number of alkyl halides is 1. The molecule has 2 rings (SSSR count). The standard InChI is InChI=1S/C16H15BrClNO/c1-11(17)14-7-2-3-8-15(14)19-16(20)10-12-5-4-6-13(18)9-12/h2-9,11H,10H2,1H3,(H,19,20). The summed E-state index contributed by atoms with van der Waals surface area (Å²) in [5.74, 6) is -0.0483. The van der Waals surface area contributed by atoms with E-state index in [9.17, 15) is 4.79 Å². The summed E-state index contributed by atoms with van der Waals surface area (Å²) < 4.78 is 0. The molecule has 0 heterocycles. The Labute approximate surface area is 132 Å². The van der Waals surface area contributed by atoms with Crippen molar-refractivity contribution in [1.29, 1.82) is 0 Å². The predicted molar refractivity (Wildman–Crippen MR) is 87.6 cm³/mol. The molecular formula is C16H15BrClNO. The number of para-hydroxylation sites is 1. The van der Waals surface area contributed by atoms with Crippen molar-refractivity contribution in [2.24, 2.45) is 0 Å². The second-order valence-electron chi connectivity index (χ2n) is 4.56. The van der Waals surface area contributed by atoms with Crippen LogP contribution in [0.2, 0.25) is 5.02 Å². The summed E-state index contributed by atoms with van der Waals surface area (Å²) >= 11 is 9.45. The molecule has 20 heavy (non-hydrogen) atoms. The first kappa shape index (κ1) is 15.1. The van der Waals surface area contributed by atoms with Crippen LogP contribution in [0.15, 0.2) is 48.5 Å². The lowest BCUT2D eigenvalue weighted by molar-refractivity contribution is -0.115. The minimum Gasteiger partial charge on any atom is -0.326 e. The fourth-order valence-corrected chi connectivity index (χ4v) is 2.60. The van der Waals surface area contributed by atoms with E-state index in [2.05, 4.69) is 21.2 Å². The molecule has 104 valence electrons. The zero-order valence-corrected chi connectivity index (χ0v) is 13.4. The van der Waals surface area contributed by atoms with E-state index in [4.69, 9.17) is 11.6 Å². The third-order valence-electron chi connectivity index (χ3n) is 2.92. The second-order valence-corrected chi connectivity index (χ2v) is 6.37. The number of rotatable bonds is 4. The van der Waals surface area contributed by atoms with Crippen LogP contribution in [0.25, 0.3) is 0 Å². The Morgan fingerprint density at radius 1 is 1.25 bits per heavy atom. The van der Waals surface area contributed by atoms with E-state index in [1.807, 2.05) is 43.3 Å². The van der Waals surface area contributed by atoms with Gasteiger partial charge in [0.1, 0.15) is 0 Å². The molecule has 0 aliphatic rings. The molecule has 0 radical (unpaired) electrons. The SMILES string of the molecule is CC(Br)c1ccccc1NC(=O)Cc1cccc(Cl)c1. The topological polar surface area (TPSA) is 29.1 Å². The van der Waals surface area contributed by atoms with E-state index in [-0.39, 0.29) is 10.7 Å². The number of anilines is 1. The Hall–Kier alpha value is -1.32. The summed E-state index contributed by atoms with van der Waals surface area (Å²) in [6.07, 6.45) is 0.311. The van der Waals surface area contributed by atoms with Gasteiger partial charge in [-0.25, -0.2) is 0 Å². The number of carbonyl (C=O) groups excluding carboxylic acids is 1. The summed E-state index contributed by atoms with van der Waals surface area (Å²) in [6.45, 7) is 2.03. The maximum atomic E-state index is 12.1. The largest absolute Gasteiger partial charge is 0.326 e. The third-order valence-corrected chi connectivity index (χ3v) is 3.65. The lowest BCUT2D eigenvalue weighted by Crippen LogP contribution is -2.15. The quantitative estimate of drug-likeness (QED) is 0.773. The van der Waals surface area contributed by atoms with Crippen molar-refractivity contribution in [2.45, 2.75) is 18.2 Å². The van der Waals surface area contributed by atoms with Crippen molar-refractivity contribution in [3.8, 4) is 0 Å². The molecular weight excluding hydrogens is 338 g/mol. The fraction of sp³-hybridized carbons (Fsp3) is 0.188. The minimum absolute atomic E-state index is 0.0483. The number of halogens is 2. The maximum Gasteiger partial charge on any atom is 0.228 e. The zero-order chi connectivity index (χ0) is 14.5. The van der Waals surface area contributed by atoms with Gasteiger partial charge in [0, 0.05) is 15.5 Å². The van der Waals surface area contributed by atoms with Crippen molar-refractivity contribution < 1.29 is 4.79 Å². The molecule has 0 saturated carbocycles. The van der Waals surface area contributed by atoms with Crippen LogP contribution < -0.4 is 5.32 Å². The highest BCUT2D eigenvalue weighted by molar-refractivity contribution is 9.09. The molecule has 2 aromatic carbocycles. The van der Waals surface area contributed by atoms with Crippen LogP contribution in [-0.2, 0) is 11.2 Å². The van der Waals surface area contributed by atoms with Gasteiger partial charge < -0.3 is 5.32 Å². The van der Waals surface area contributed by atoms with E-state index < -0.39 is 0 Å². The Kier molecular flexibility index (Phi) is 5.21. The number of hydrogen-bond acceptors (Lipinski definition) is 1. The van der Waals surface area contributed by atoms with Crippen LogP contribution in [0.4, 0.5) is 5.69 Å². The number of benzene rings is 2.